The van der Waals surface area contributed by atoms with Crippen LogP contribution in [0.2, 0.25) is 0 Å². The van der Waals surface area contributed by atoms with Crippen molar-refractivity contribution in [1.29, 1.82) is 5.26 Å². The van der Waals surface area contributed by atoms with Crippen LogP contribution in [0.15, 0.2) is 36.7 Å². The van der Waals surface area contributed by atoms with Gasteiger partial charge in [0, 0.05) is 31.4 Å². The van der Waals surface area contributed by atoms with Crippen LogP contribution >= 0.6 is 0 Å². The second-order valence-corrected chi connectivity index (χ2v) is 5.34. The lowest BCUT2D eigenvalue weighted by Crippen LogP contribution is -2.23. The minimum absolute atomic E-state index is 0.426. The largest absolute Gasteiger partial charge is 0.292 e. The van der Waals surface area contributed by atoms with Gasteiger partial charge in [0.2, 0.25) is 0 Å². The van der Waals surface area contributed by atoms with Crippen molar-refractivity contribution in [3.05, 3.63) is 53.3 Å². The molecule has 20 heavy (non-hydrogen) atoms. The van der Waals surface area contributed by atoms with E-state index in [1.54, 1.807) is 0 Å². The van der Waals surface area contributed by atoms with Crippen molar-refractivity contribution >= 4 is 0 Å². The average molecular weight is 266 g/mol. The molecule has 102 valence electrons. The molecule has 0 saturated carbocycles. The molecule has 1 aromatic carbocycles. The lowest BCUT2D eigenvalue weighted by atomic mass is 10.1. The Hall–Kier alpha value is -2.12. The Morgan fingerprint density at radius 1 is 1.40 bits per heavy atom. The van der Waals surface area contributed by atoms with Crippen molar-refractivity contribution in [2.45, 2.75) is 25.4 Å². The van der Waals surface area contributed by atoms with E-state index in [1.165, 1.54) is 18.4 Å². The van der Waals surface area contributed by atoms with E-state index in [0.29, 0.717) is 6.04 Å². The molecule has 4 heteroatoms. The Labute approximate surface area is 119 Å². The van der Waals surface area contributed by atoms with Crippen molar-refractivity contribution in [3.8, 4) is 6.07 Å². The molecule has 0 aliphatic carbocycles. The monoisotopic (exact) mass is 266 g/mol. The van der Waals surface area contributed by atoms with E-state index in [9.17, 15) is 5.26 Å². The first-order valence-corrected chi connectivity index (χ1v) is 6.98. The van der Waals surface area contributed by atoms with Gasteiger partial charge in [0.1, 0.15) is 0 Å². The van der Waals surface area contributed by atoms with Crippen LogP contribution in [0.4, 0.5) is 0 Å². The zero-order valence-corrected chi connectivity index (χ0v) is 11.7. The molecule has 1 aliphatic heterocycles. The highest BCUT2D eigenvalue weighted by Gasteiger charge is 2.27. The number of hydrogen-bond acceptors (Lipinski definition) is 3. The summed E-state index contributed by atoms with van der Waals surface area (Å²) in [6.07, 6.45) is 6.42. The summed E-state index contributed by atoms with van der Waals surface area (Å²) < 4.78 is 1.86. The first-order chi connectivity index (χ1) is 9.78. The number of benzene rings is 1. The highest BCUT2D eigenvalue weighted by molar-refractivity contribution is 5.37. The lowest BCUT2D eigenvalue weighted by Gasteiger charge is -2.24. The van der Waals surface area contributed by atoms with Gasteiger partial charge in [-0.15, -0.1) is 0 Å². The zero-order valence-electron chi connectivity index (χ0n) is 11.7. The van der Waals surface area contributed by atoms with Crippen LogP contribution in [0.25, 0.3) is 0 Å². The summed E-state index contributed by atoms with van der Waals surface area (Å²) in [6, 6.07) is 10.6. The third-order valence-corrected chi connectivity index (χ3v) is 3.98. The number of aromatic nitrogens is 2. The molecule has 1 aliphatic rings. The molecule has 0 spiro atoms. The fraction of sp³-hybridized carbons (Fsp3) is 0.375. The van der Waals surface area contributed by atoms with Crippen LogP contribution in [-0.4, -0.2) is 21.2 Å². The van der Waals surface area contributed by atoms with Gasteiger partial charge in [-0.25, -0.2) is 0 Å². The Balaban J connectivity index is 1.81. The van der Waals surface area contributed by atoms with E-state index in [4.69, 9.17) is 0 Å². The molecular formula is C16H18N4. The van der Waals surface area contributed by atoms with Crippen LogP contribution in [0.3, 0.4) is 0 Å². The molecular weight excluding hydrogens is 248 g/mol. The van der Waals surface area contributed by atoms with Gasteiger partial charge in [0.05, 0.1) is 17.8 Å². The third kappa shape index (κ3) is 2.45. The van der Waals surface area contributed by atoms with E-state index >= 15 is 0 Å². The molecule has 2 aromatic rings. The first kappa shape index (κ1) is 12.9. The highest BCUT2D eigenvalue weighted by atomic mass is 15.3. The highest BCUT2D eigenvalue weighted by Crippen LogP contribution is 2.33. The maximum Gasteiger partial charge on any atom is 0.0995 e. The van der Waals surface area contributed by atoms with Crippen LogP contribution < -0.4 is 0 Å². The van der Waals surface area contributed by atoms with Crippen LogP contribution in [0.5, 0.6) is 0 Å². The van der Waals surface area contributed by atoms with Crippen molar-refractivity contribution in [1.82, 2.24) is 14.7 Å². The Kier molecular flexibility index (Phi) is 3.53. The number of nitrogens with zero attached hydrogens (tertiary/aromatic N) is 4. The molecule has 1 fully saturated rings. The van der Waals surface area contributed by atoms with Gasteiger partial charge in [-0.05, 0) is 31.0 Å². The number of nitriles is 1. The fourth-order valence-corrected chi connectivity index (χ4v) is 2.99. The molecule has 4 nitrogen and oxygen atoms in total. The van der Waals surface area contributed by atoms with Gasteiger partial charge in [0.25, 0.3) is 0 Å². The van der Waals surface area contributed by atoms with Gasteiger partial charge in [-0.3, -0.25) is 9.58 Å². The van der Waals surface area contributed by atoms with Crippen LogP contribution in [0.1, 0.15) is 35.6 Å². The number of likely N-dealkylation sites (tertiary alicyclic amines) is 1. The van der Waals surface area contributed by atoms with Gasteiger partial charge < -0.3 is 0 Å². The molecule has 1 aromatic heterocycles. The second-order valence-electron chi connectivity index (χ2n) is 5.34. The van der Waals surface area contributed by atoms with Gasteiger partial charge >= 0.3 is 0 Å². The lowest BCUT2D eigenvalue weighted by molar-refractivity contribution is 0.248. The minimum atomic E-state index is 0.426. The van der Waals surface area contributed by atoms with E-state index in [0.717, 1.165) is 24.2 Å². The normalized spacial score (nSPS) is 19.1. The molecule has 2 heterocycles. The molecule has 0 N–H and O–H groups in total. The standard InChI is InChI=1S/C16H18N4/c1-19-11-15(10-18-19)16-7-4-8-20(16)12-14-6-3-2-5-13(14)9-17/h2-3,5-6,10-11,16H,4,7-8,12H2,1H3/t16-/m0/s1. The smallest absolute Gasteiger partial charge is 0.0995 e. The minimum Gasteiger partial charge on any atom is -0.292 e. The summed E-state index contributed by atoms with van der Waals surface area (Å²) in [5.74, 6) is 0. The zero-order chi connectivity index (χ0) is 13.9. The van der Waals surface area contributed by atoms with Crippen molar-refractivity contribution < 1.29 is 0 Å². The SMILES string of the molecule is Cn1cc([C@@H]2CCCN2Cc2ccccc2C#N)cn1. The Bertz CT molecular complexity index is 638. The Morgan fingerprint density at radius 3 is 3.00 bits per heavy atom. The molecule has 0 amide bonds. The number of aryl methyl sites for hydroxylation is 1. The quantitative estimate of drug-likeness (QED) is 0.858. The van der Waals surface area contributed by atoms with Crippen LogP contribution in [0, 0.1) is 11.3 Å². The molecule has 0 radical (unpaired) electrons. The third-order valence-electron chi connectivity index (χ3n) is 3.98. The van der Waals surface area contributed by atoms with Gasteiger partial charge in [-0.1, -0.05) is 18.2 Å². The number of hydrogen-bond donors (Lipinski definition) is 0. The molecule has 1 atom stereocenters. The Morgan fingerprint density at radius 2 is 2.25 bits per heavy atom. The van der Waals surface area contributed by atoms with Crippen molar-refractivity contribution in [3.63, 3.8) is 0 Å². The summed E-state index contributed by atoms with van der Waals surface area (Å²) in [6.45, 7) is 1.92. The second kappa shape index (κ2) is 5.48. The van der Waals surface area contributed by atoms with E-state index in [1.807, 2.05) is 36.1 Å². The van der Waals surface area contributed by atoms with E-state index < -0.39 is 0 Å². The van der Waals surface area contributed by atoms with Crippen molar-refractivity contribution in [2.24, 2.45) is 7.05 Å². The summed E-state index contributed by atoms with van der Waals surface area (Å²) in [5, 5.41) is 13.5. The van der Waals surface area contributed by atoms with Crippen molar-refractivity contribution in [2.75, 3.05) is 6.54 Å². The predicted molar refractivity (Wildman–Crippen MR) is 76.8 cm³/mol. The maximum atomic E-state index is 9.20. The summed E-state index contributed by atoms with van der Waals surface area (Å²) in [4.78, 5) is 2.45. The molecule has 3 rings (SSSR count). The molecule has 1 saturated heterocycles. The summed E-state index contributed by atoms with van der Waals surface area (Å²) in [5.41, 5.74) is 3.18. The first-order valence-electron chi connectivity index (χ1n) is 6.98. The topological polar surface area (TPSA) is 44.9 Å². The molecule has 0 unspecified atom stereocenters. The summed E-state index contributed by atoms with van der Waals surface area (Å²) >= 11 is 0. The van der Waals surface area contributed by atoms with Gasteiger partial charge in [0.15, 0.2) is 0 Å². The summed E-state index contributed by atoms with van der Waals surface area (Å²) in [7, 11) is 1.95. The fourth-order valence-electron chi connectivity index (χ4n) is 2.99. The number of rotatable bonds is 3. The molecule has 0 bridgehead atoms. The van der Waals surface area contributed by atoms with E-state index in [-0.39, 0.29) is 0 Å². The van der Waals surface area contributed by atoms with Gasteiger partial charge in [-0.2, -0.15) is 10.4 Å². The van der Waals surface area contributed by atoms with Crippen LogP contribution in [-0.2, 0) is 13.6 Å². The predicted octanol–water partition coefficient (Wildman–Crippen LogP) is 2.63. The average Bonchev–Trinajstić information content (AvgIpc) is 3.08. The maximum absolute atomic E-state index is 9.20. The van der Waals surface area contributed by atoms with E-state index in [2.05, 4.69) is 28.3 Å².